The van der Waals surface area contributed by atoms with Crippen LogP contribution < -0.4 is 10.1 Å². The zero-order valence-electron chi connectivity index (χ0n) is 16.6. The van der Waals surface area contributed by atoms with Crippen LogP contribution >= 0.6 is 0 Å². The molecule has 1 N–H and O–H groups in total. The van der Waals surface area contributed by atoms with Crippen molar-refractivity contribution in [1.82, 2.24) is 10.2 Å². The summed E-state index contributed by atoms with van der Waals surface area (Å²) in [6.45, 7) is 0.596. The molecular formula is C22H30N2O4. The van der Waals surface area contributed by atoms with E-state index in [4.69, 9.17) is 4.74 Å². The first-order chi connectivity index (χ1) is 13.6. The number of ketones is 1. The molecule has 0 radical (unpaired) electrons. The molecule has 28 heavy (non-hydrogen) atoms. The van der Waals surface area contributed by atoms with Gasteiger partial charge in [0.1, 0.15) is 11.8 Å². The number of Topliss-reactive ketones (excluding diaryl/α,β-unsaturated/α-hetero) is 1. The normalized spacial score (nSPS) is 20.0. The predicted octanol–water partition coefficient (Wildman–Crippen LogP) is 3.10. The lowest BCUT2D eigenvalue weighted by molar-refractivity contribution is -0.138. The average Bonchev–Trinajstić information content (AvgIpc) is 3.23. The van der Waals surface area contributed by atoms with E-state index in [-0.39, 0.29) is 42.5 Å². The number of nitrogens with zero attached hydrogens (tertiary/aromatic N) is 1. The van der Waals surface area contributed by atoms with E-state index < -0.39 is 0 Å². The smallest absolute Gasteiger partial charge is 0.243 e. The van der Waals surface area contributed by atoms with Gasteiger partial charge >= 0.3 is 0 Å². The summed E-state index contributed by atoms with van der Waals surface area (Å²) in [5, 5.41) is 3.14. The standard InChI is InChI=1S/C22H30N2O4/c1-28-18-11-9-16(10-12-18)20(25)13-14-21(26)24-15-5-8-19(24)22(27)23-17-6-3-2-4-7-17/h9-12,17,19H,2-8,13-15H2,1H3,(H,23,27). The summed E-state index contributed by atoms with van der Waals surface area (Å²) >= 11 is 0. The van der Waals surface area contributed by atoms with Crippen LogP contribution in [0.2, 0.25) is 0 Å². The highest BCUT2D eigenvalue weighted by Crippen LogP contribution is 2.22. The third kappa shape index (κ3) is 5.12. The molecule has 0 aromatic heterocycles. The molecule has 2 fully saturated rings. The molecule has 152 valence electrons. The van der Waals surface area contributed by atoms with Gasteiger partial charge in [-0.3, -0.25) is 14.4 Å². The van der Waals surface area contributed by atoms with Gasteiger partial charge in [-0.25, -0.2) is 0 Å². The zero-order chi connectivity index (χ0) is 19.9. The van der Waals surface area contributed by atoms with E-state index in [0.29, 0.717) is 24.3 Å². The Balaban J connectivity index is 1.50. The maximum Gasteiger partial charge on any atom is 0.243 e. The highest BCUT2D eigenvalue weighted by molar-refractivity contribution is 5.98. The summed E-state index contributed by atoms with van der Waals surface area (Å²) in [6, 6.07) is 6.76. The number of methoxy groups -OCH3 is 1. The summed E-state index contributed by atoms with van der Waals surface area (Å²) in [4.78, 5) is 39.3. The zero-order valence-corrected chi connectivity index (χ0v) is 16.6. The predicted molar refractivity (Wildman–Crippen MR) is 106 cm³/mol. The monoisotopic (exact) mass is 386 g/mol. The Kier molecular flexibility index (Phi) is 7.06. The molecule has 1 aliphatic carbocycles. The Morgan fingerprint density at radius 2 is 1.71 bits per heavy atom. The van der Waals surface area contributed by atoms with Gasteiger partial charge in [-0.05, 0) is 49.9 Å². The van der Waals surface area contributed by atoms with E-state index in [1.807, 2.05) is 0 Å². The molecular weight excluding hydrogens is 356 g/mol. The first-order valence-electron chi connectivity index (χ1n) is 10.4. The number of rotatable bonds is 7. The fourth-order valence-electron chi connectivity index (χ4n) is 4.17. The van der Waals surface area contributed by atoms with E-state index in [1.165, 1.54) is 6.42 Å². The molecule has 1 heterocycles. The van der Waals surface area contributed by atoms with Crippen molar-refractivity contribution in [2.75, 3.05) is 13.7 Å². The van der Waals surface area contributed by atoms with Crippen LogP contribution in [0.25, 0.3) is 0 Å². The van der Waals surface area contributed by atoms with Crippen LogP contribution in [0.5, 0.6) is 5.75 Å². The van der Waals surface area contributed by atoms with Gasteiger partial charge in [-0.2, -0.15) is 0 Å². The summed E-state index contributed by atoms with van der Waals surface area (Å²) in [5.74, 6) is 0.484. The van der Waals surface area contributed by atoms with Crippen LogP contribution in [0.3, 0.4) is 0 Å². The minimum Gasteiger partial charge on any atom is -0.497 e. The molecule has 0 bridgehead atoms. The number of hydrogen-bond donors (Lipinski definition) is 1. The van der Waals surface area contributed by atoms with Crippen LogP contribution in [0.15, 0.2) is 24.3 Å². The van der Waals surface area contributed by atoms with E-state index >= 15 is 0 Å². The molecule has 0 spiro atoms. The summed E-state index contributed by atoms with van der Waals surface area (Å²) in [7, 11) is 1.58. The van der Waals surface area contributed by atoms with Crippen molar-refractivity contribution in [3.63, 3.8) is 0 Å². The number of likely N-dealkylation sites (tertiary alicyclic amines) is 1. The summed E-state index contributed by atoms with van der Waals surface area (Å²) in [5.41, 5.74) is 0.571. The van der Waals surface area contributed by atoms with E-state index in [1.54, 1.807) is 36.3 Å². The Labute approximate surface area is 166 Å². The van der Waals surface area contributed by atoms with Crippen molar-refractivity contribution in [2.24, 2.45) is 0 Å². The van der Waals surface area contributed by atoms with Crippen molar-refractivity contribution < 1.29 is 19.1 Å². The molecule has 1 atom stereocenters. The Hall–Kier alpha value is -2.37. The van der Waals surface area contributed by atoms with E-state index in [0.717, 1.165) is 32.1 Å². The first kappa shape index (κ1) is 20.4. The van der Waals surface area contributed by atoms with E-state index in [2.05, 4.69) is 5.32 Å². The molecule has 6 heteroatoms. The molecule has 1 saturated carbocycles. The average molecular weight is 386 g/mol. The van der Waals surface area contributed by atoms with Gasteiger partial charge in [0.05, 0.1) is 7.11 Å². The van der Waals surface area contributed by atoms with Crippen LogP contribution in [-0.4, -0.2) is 48.2 Å². The second kappa shape index (κ2) is 9.71. The van der Waals surface area contributed by atoms with Gasteiger partial charge in [0.15, 0.2) is 5.78 Å². The lowest BCUT2D eigenvalue weighted by atomic mass is 9.95. The molecule has 1 aromatic rings. The fourth-order valence-corrected chi connectivity index (χ4v) is 4.17. The maximum absolute atomic E-state index is 12.7. The SMILES string of the molecule is COc1ccc(C(=O)CCC(=O)N2CCCC2C(=O)NC2CCCCC2)cc1. The second-order valence-electron chi connectivity index (χ2n) is 7.74. The second-order valence-corrected chi connectivity index (χ2v) is 7.74. The maximum atomic E-state index is 12.7. The molecule has 1 saturated heterocycles. The van der Waals surface area contributed by atoms with Crippen molar-refractivity contribution in [1.29, 1.82) is 0 Å². The number of benzene rings is 1. The molecule has 1 aliphatic heterocycles. The lowest BCUT2D eigenvalue weighted by Gasteiger charge is -2.28. The lowest BCUT2D eigenvalue weighted by Crippen LogP contribution is -2.49. The van der Waals surface area contributed by atoms with Gasteiger partial charge in [0.2, 0.25) is 11.8 Å². The van der Waals surface area contributed by atoms with Crippen LogP contribution in [0, 0.1) is 0 Å². The van der Waals surface area contributed by atoms with Crippen molar-refractivity contribution in [3.8, 4) is 5.75 Å². The number of carbonyl (C=O) groups excluding carboxylic acids is 3. The largest absolute Gasteiger partial charge is 0.497 e. The van der Waals surface area contributed by atoms with Crippen molar-refractivity contribution in [2.45, 2.75) is 69.9 Å². The summed E-state index contributed by atoms with van der Waals surface area (Å²) in [6.07, 6.45) is 7.44. The van der Waals surface area contributed by atoms with Gasteiger partial charge in [0, 0.05) is 31.0 Å². The highest BCUT2D eigenvalue weighted by atomic mass is 16.5. The number of hydrogen-bond acceptors (Lipinski definition) is 4. The molecule has 2 amide bonds. The van der Waals surface area contributed by atoms with Crippen LogP contribution in [-0.2, 0) is 9.59 Å². The van der Waals surface area contributed by atoms with Crippen molar-refractivity contribution in [3.05, 3.63) is 29.8 Å². The molecule has 6 nitrogen and oxygen atoms in total. The Morgan fingerprint density at radius 1 is 1.00 bits per heavy atom. The summed E-state index contributed by atoms with van der Waals surface area (Å²) < 4.78 is 5.09. The Morgan fingerprint density at radius 3 is 2.39 bits per heavy atom. The van der Waals surface area contributed by atoms with Gasteiger partial charge in [-0.1, -0.05) is 19.3 Å². The Bertz CT molecular complexity index is 695. The van der Waals surface area contributed by atoms with Crippen molar-refractivity contribution >= 4 is 17.6 Å². The molecule has 2 aliphatic rings. The van der Waals surface area contributed by atoms with E-state index in [9.17, 15) is 14.4 Å². The molecule has 3 rings (SSSR count). The van der Waals surface area contributed by atoms with Gasteiger partial charge < -0.3 is 15.0 Å². The molecule has 1 aromatic carbocycles. The first-order valence-corrected chi connectivity index (χ1v) is 10.4. The topological polar surface area (TPSA) is 75.7 Å². The number of nitrogens with one attached hydrogen (secondary N) is 1. The minimum absolute atomic E-state index is 0.0285. The van der Waals surface area contributed by atoms with Crippen LogP contribution in [0.4, 0.5) is 0 Å². The quantitative estimate of drug-likeness (QED) is 0.731. The highest BCUT2D eigenvalue weighted by Gasteiger charge is 2.34. The van der Waals surface area contributed by atoms with Gasteiger partial charge in [0.25, 0.3) is 0 Å². The minimum atomic E-state index is -0.384. The van der Waals surface area contributed by atoms with Crippen LogP contribution in [0.1, 0.15) is 68.1 Å². The number of amides is 2. The van der Waals surface area contributed by atoms with Gasteiger partial charge in [-0.15, -0.1) is 0 Å². The number of ether oxygens (including phenoxy) is 1. The molecule has 1 unspecified atom stereocenters. The fraction of sp³-hybridized carbons (Fsp3) is 0.591. The third-order valence-corrected chi connectivity index (χ3v) is 5.81. The third-order valence-electron chi connectivity index (χ3n) is 5.81. The number of carbonyl (C=O) groups is 3.